The number of halogens is 2. The number of benzene rings is 3. The molecule has 2 N–H and O–H groups in total. The number of carbonyl (C=O) groups is 3. The van der Waals surface area contributed by atoms with Crippen molar-refractivity contribution >= 4 is 57.8 Å². The lowest BCUT2D eigenvalue weighted by Crippen LogP contribution is -2.31. The van der Waals surface area contributed by atoms with Crippen molar-refractivity contribution in [3.05, 3.63) is 82.3 Å². The molecule has 40 heavy (non-hydrogen) atoms. The highest BCUT2D eigenvalue weighted by molar-refractivity contribution is 8.26. The van der Waals surface area contributed by atoms with E-state index in [1.165, 1.54) is 37.3 Å². The number of hydrogen-bond donors (Lipinski definition) is 2. The number of carboxylic acid groups (broad SMARTS) is 1. The average Bonchev–Trinajstić information content (AvgIpc) is 3.20. The quantitative estimate of drug-likeness (QED) is 0.248. The Bertz CT molecular complexity index is 1530. The summed E-state index contributed by atoms with van der Waals surface area (Å²) in [4.78, 5) is 38.8. The Morgan fingerprint density at radius 1 is 1.02 bits per heavy atom. The van der Waals surface area contributed by atoms with Gasteiger partial charge in [0.1, 0.15) is 21.5 Å². The van der Waals surface area contributed by atoms with E-state index >= 15 is 0 Å². The molecule has 0 saturated carbocycles. The predicted molar refractivity (Wildman–Crippen MR) is 151 cm³/mol. The Morgan fingerprint density at radius 2 is 1.70 bits per heavy atom. The zero-order valence-corrected chi connectivity index (χ0v) is 22.8. The van der Waals surface area contributed by atoms with Crippen molar-refractivity contribution in [3.8, 4) is 22.6 Å². The van der Waals surface area contributed by atoms with Crippen LogP contribution >= 0.6 is 24.0 Å². The van der Waals surface area contributed by atoms with Gasteiger partial charge in [0.15, 0.2) is 11.6 Å². The highest BCUT2D eigenvalue weighted by atomic mass is 32.2. The van der Waals surface area contributed by atoms with Crippen molar-refractivity contribution in [2.24, 2.45) is 0 Å². The van der Waals surface area contributed by atoms with Crippen LogP contribution in [0.2, 0.25) is 0 Å². The van der Waals surface area contributed by atoms with E-state index in [4.69, 9.17) is 21.7 Å². The Morgan fingerprint density at radius 3 is 2.33 bits per heavy atom. The fourth-order valence-electron chi connectivity index (χ4n) is 3.90. The molecule has 0 bridgehead atoms. The monoisotopic (exact) mass is 584 g/mol. The third kappa shape index (κ3) is 6.29. The summed E-state index contributed by atoms with van der Waals surface area (Å²) in [5, 5.41) is 11.9. The van der Waals surface area contributed by atoms with Crippen LogP contribution in [0.4, 0.5) is 14.5 Å². The highest BCUT2D eigenvalue weighted by Gasteiger charge is 2.32. The molecule has 2 amide bonds. The van der Waals surface area contributed by atoms with Gasteiger partial charge >= 0.3 is 5.97 Å². The summed E-state index contributed by atoms with van der Waals surface area (Å²) in [7, 11) is 2.66. The predicted octanol–water partition coefficient (Wildman–Crippen LogP) is 5.58. The minimum absolute atomic E-state index is 0.000572. The van der Waals surface area contributed by atoms with Crippen molar-refractivity contribution in [2.75, 3.05) is 26.1 Å². The number of hydrogen-bond acceptors (Lipinski definition) is 7. The molecular formula is C28H22F2N2O6S2. The molecule has 1 aliphatic rings. The maximum Gasteiger partial charge on any atom is 0.335 e. The molecular weight excluding hydrogens is 562 g/mol. The third-order valence-corrected chi connectivity index (χ3v) is 7.27. The Kier molecular flexibility index (Phi) is 8.80. The summed E-state index contributed by atoms with van der Waals surface area (Å²) in [5.74, 6) is -3.73. The van der Waals surface area contributed by atoms with Crippen molar-refractivity contribution in [1.29, 1.82) is 0 Å². The second-order valence-electron chi connectivity index (χ2n) is 8.45. The Hall–Kier alpha value is -4.29. The minimum Gasteiger partial charge on any atom is -0.494 e. The van der Waals surface area contributed by atoms with Gasteiger partial charge in [-0.25, -0.2) is 13.6 Å². The van der Waals surface area contributed by atoms with Crippen molar-refractivity contribution in [1.82, 2.24) is 4.90 Å². The molecule has 1 saturated heterocycles. The number of carboxylic acids is 1. The number of aromatic carboxylic acids is 1. The van der Waals surface area contributed by atoms with Crippen LogP contribution in [0.5, 0.6) is 11.5 Å². The number of carbonyl (C=O) groups excluding carboxylic acids is 2. The lowest BCUT2D eigenvalue weighted by molar-refractivity contribution is -0.122. The second kappa shape index (κ2) is 12.3. The minimum atomic E-state index is -1.19. The maximum atomic E-state index is 13.7. The van der Waals surface area contributed by atoms with Gasteiger partial charge < -0.3 is 19.9 Å². The maximum absolute atomic E-state index is 13.7. The van der Waals surface area contributed by atoms with Crippen LogP contribution in [-0.2, 0) is 9.59 Å². The molecule has 0 atom stereocenters. The average molecular weight is 585 g/mol. The summed E-state index contributed by atoms with van der Waals surface area (Å²) >= 11 is 6.45. The molecule has 0 unspecified atom stereocenters. The first-order valence-electron chi connectivity index (χ1n) is 11.7. The Labute approximate surface area is 237 Å². The van der Waals surface area contributed by atoms with E-state index in [9.17, 15) is 28.3 Å². The lowest BCUT2D eigenvalue weighted by atomic mass is 10.0. The number of nitrogens with zero attached hydrogens (tertiary/aromatic N) is 1. The lowest BCUT2D eigenvalue weighted by Gasteiger charge is -2.17. The van der Waals surface area contributed by atoms with E-state index in [-0.39, 0.29) is 45.9 Å². The van der Waals surface area contributed by atoms with Crippen LogP contribution < -0.4 is 14.8 Å². The first-order chi connectivity index (χ1) is 19.1. The molecule has 0 aromatic heterocycles. The molecule has 8 nitrogen and oxygen atoms in total. The number of amides is 2. The molecule has 1 heterocycles. The number of thioether (sulfide) groups is 1. The number of rotatable bonds is 9. The molecule has 0 radical (unpaired) electrons. The van der Waals surface area contributed by atoms with Crippen LogP contribution in [0.3, 0.4) is 0 Å². The number of ether oxygens (including phenoxy) is 2. The topological polar surface area (TPSA) is 105 Å². The molecule has 1 fully saturated rings. The fourth-order valence-corrected chi connectivity index (χ4v) is 5.21. The van der Waals surface area contributed by atoms with E-state index in [1.54, 1.807) is 30.3 Å². The van der Waals surface area contributed by atoms with Gasteiger partial charge in [0.25, 0.3) is 5.91 Å². The highest BCUT2D eigenvalue weighted by Crippen LogP contribution is 2.37. The summed E-state index contributed by atoms with van der Waals surface area (Å²) in [6.45, 7) is 0.000572. The van der Waals surface area contributed by atoms with Gasteiger partial charge in [-0.3, -0.25) is 14.5 Å². The van der Waals surface area contributed by atoms with Crippen molar-refractivity contribution < 1.29 is 37.7 Å². The van der Waals surface area contributed by atoms with Crippen LogP contribution in [0.1, 0.15) is 22.3 Å². The molecule has 12 heteroatoms. The van der Waals surface area contributed by atoms with Crippen LogP contribution in [0.15, 0.2) is 59.5 Å². The van der Waals surface area contributed by atoms with E-state index in [2.05, 4.69) is 5.32 Å². The summed E-state index contributed by atoms with van der Waals surface area (Å²) in [6.07, 6.45) is 1.53. The number of methoxy groups -OCH3 is 2. The van der Waals surface area contributed by atoms with Gasteiger partial charge in [0, 0.05) is 13.0 Å². The molecule has 206 valence electrons. The molecule has 0 spiro atoms. The zero-order valence-electron chi connectivity index (χ0n) is 21.2. The summed E-state index contributed by atoms with van der Waals surface area (Å²) in [5.41, 5.74) is 1.86. The fraction of sp³-hybridized carbons (Fsp3) is 0.143. The van der Waals surface area contributed by atoms with E-state index in [0.29, 0.717) is 21.6 Å². The molecule has 1 aliphatic heterocycles. The largest absolute Gasteiger partial charge is 0.494 e. The van der Waals surface area contributed by atoms with Gasteiger partial charge in [-0.05, 0) is 53.1 Å². The van der Waals surface area contributed by atoms with Gasteiger partial charge in [0.2, 0.25) is 5.91 Å². The summed E-state index contributed by atoms with van der Waals surface area (Å²) in [6, 6.07) is 13.1. The van der Waals surface area contributed by atoms with E-state index in [1.807, 2.05) is 0 Å². The first kappa shape index (κ1) is 28.7. The number of nitrogens with one attached hydrogen (secondary N) is 1. The zero-order chi connectivity index (χ0) is 29.0. The van der Waals surface area contributed by atoms with Crippen LogP contribution in [0.25, 0.3) is 17.2 Å². The number of thiocarbonyl (C=S) groups is 1. The molecule has 0 aliphatic carbocycles. The van der Waals surface area contributed by atoms with E-state index < -0.39 is 23.5 Å². The molecule has 4 rings (SSSR count). The second-order valence-corrected chi connectivity index (χ2v) is 10.1. The third-order valence-electron chi connectivity index (χ3n) is 5.89. The van der Waals surface area contributed by atoms with Crippen LogP contribution in [-0.4, -0.2) is 52.9 Å². The SMILES string of the molecule is COc1cc(C(=O)O)cc(OC)c1NC(=O)CCN1C(=O)C(=Cc2cccc(-c3ccc(F)c(F)c3)c2)SC1=S. The van der Waals surface area contributed by atoms with Crippen molar-refractivity contribution in [2.45, 2.75) is 6.42 Å². The van der Waals surface area contributed by atoms with Gasteiger partial charge in [-0.1, -0.05) is 48.2 Å². The molecule has 3 aromatic carbocycles. The smallest absolute Gasteiger partial charge is 0.335 e. The van der Waals surface area contributed by atoms with Gasteiger partial charge in [0.05, 0.1) is 24.7 Å². The number of anilines is 1. The standard InChI is InChI=1S/C28H22F2N2O6S2/c1-37-21-13-18(27(35)36)14-22(38-2)25(21)31-24(33)8-9-32-26(34)23(40-28(32)39)11-15-4-3-5-16(10-15)17-6-7-19(29)20(30)12-17/h3-7,10-14H,8-9H2,1-2H3,(H,31,33)(H,35,36). The summed E-state index contributed by atoms with van der Waals surface area (Å²) < 4.78 is 37.7. The normalized spacial score (nSPS) is 14.0. The van der Waals surface area contributed by atoms with Gasteiger partial charge in [-0.2, -0.15) is 0 Å². The first-order valence-corrected chi connectivity index (χ1v) is 12.9. The van der Waals surface area contributed by atoms with Crippen molar-refractivity contribution in [3.63, 3.8) is 0 Å². The molecule has 3 aromatic rings. The van der Waals surface area contributed by atoms with E-state index in [0.717, 1.165) is 23.9 Å². The van der Waals surface area contributed by atoms with Crippen LogP contribution in [0, 0.1) is 11.6 Å². The van der Waals surface area contributed by atoms with Gasteiger partial charge in [-0.15, -0.1) is 0 Å². The Balaban J connectivity index is 1.45.